The third-order valence-corrected chi connectivity index (χ3v) is 15.2. The molecule has 54 heavy (non-hydrogen) atoms. The molecule has 0 bridgehead atoms. The normalized spacial score (nSPS) is 11.9. The van der Waals surface area contributed by atoms with E-state index in [1.807, 2.05) is 28.7 Å². The molecule has 5 aromatic heterocycles. The molecule has 4 nitrogen and oxygen atoms in total. The smallest absolute Gasteiger partial charge is 0.346 e. The first-order valence-electron chi connectivity index (χ1n) is 19.2. The van der Waals surface area contributed by atoms with Gasteiger partial charge in [0.25, 0.3) is 0 Å². The van der Waals surface area contributed by atoms with Gasteiger partial charge in [-0.3, -0.25) is 0 Å². The number of para-hydroxylation sites is 1. The zero-order chi connectivity index (χ0) is 37.6. The largest absolute Gasteiger partial charge is 0.477 e. The summed E-state index contributed by atoms with van der Waals surface area (Å²) in [6.07, 6.45) is 13.2. The van der Waals surface area contributed by atoms with E-state index in [4.69, 9.17) is 0 Å². The van der Waals surface area contributed by atoms with Gasteiger partial charge < -0.3 is 9.67 Å². The van der Waals surface area contributed by atoms with E-state index in [2.05, 4.69) is 104 Å². The number of nitrogens with zero attached hydrogens (tertiary/aromatic N) is 2. The zero-order valence-electron chi connectivity index (χ0n) is 31.2. The summed E-state index contributed by atoms with van der Waals surface area (Å²) in [4.78, 5) is 21.3. The summed E-state index contributed by atoms with van der Waals surface area (Å²) >= 11 is 7.17. The van der Waals surface area contributed by atoms with Crippen LogP contribution in [0.15, 0.2) is 84.4 Å². The Balaban J connectivity index is 1.20. The first-order chi connectivity index (χ1) is 26.4. The number of carbonyl (C=O) groups is 1. The van der Waals surface area contributed by atoms with Gasteiger partial charge in [-0.05, 0) is 110 Å². The number of unbranched alkanes of at least 4 members (excludes halogenated alkanes) is 6. The third kappa shape index (κ3) is 8.06. The van der Waals surface area contributed by atoms with Crippen LogP contribution in [-0.2, 0) is 24.2 Å². The van der Waals surface area contributed by atoms with Crippen molar-refractivity contribution in [2.24, 2.45) is 0 Å². The van der Waals surface area contributed by atoms with Crippen LogP contribution < -0.4 is 0 Å². The first kappa shape index (κ1) is 38.0. The molecular formula is C46H46N2O2S4. The minimum atomic E-state index is -1.19. The van der Waals surface area contributed by atoms with Gasteiger partial charge in [0.05, 0.1) is 0 Å². The van der Waals surface area contributed by atoms with Gasteiger partial charge in [0.15, 0.2) is 0 Å². The van der Waals surface area contributed by atoms with E-state index in [1.165, 1.54) is 124 Å². The molecule has 1 N–H and O–H groups in total. The molecule has 5 heterocycles. The lowest BCUT2D eigenvalue weighted by Gasteiger charge is -2.06. The van der Waals surface area contributed by atoms with Crippen LogP contribution in [0.1, 0.15) is 88.1 Å². The van der Waals surface area contributed by atoms with Crippen LogP contribution in [-0.4, -0.2) is 15.6 Å². The summed E-state index contributed by atoms with van der Waals surface area (Å²) in [5, 5.41) is 21.5. The van der Waals surface area contributed by atoms with Crippen molar-refractivity contribution < 1.29 is 9.90 Å². The van der Waals surface area contributed by atoms with Crippen molar-refractivity contribution in [3.05, 3.63) is 100 Å². The molecule has 0 spiro atoms. The maximum absolute atomic E-state index is 11.6. The summed E-state index contributed by atoms with van der Waals surface area (Å²) in [5.41, 5.74) is 6.36. The second kappa shape index (κ2) is 17.5. The Labute approximate surface area is 334 Å². The molecule has 276 valence electrons. The van der Waals surface area contributed by atoms with Crippen LogP contribution in [0.4, 0.5) is 0 Å². The van der Waals surface area contributed by atoms with E-state index in [9.17, 15) is 15.2 Å². The van der Waals surface area contributed by atoms with E-state index in [1.54, 1.807) is 22.7 Å². The fraction of sp³-hybridized carbons (Fsp3) is 0.304. The number of aromatic nitrogens is 1. The molecule has 0 aliphatic carbocycles. The lowest BCUT2D eigenvalue weighted by Crippen LogP contribution is -1.96. The molecule has 8 heteroatoms. The van der Waals surface area contributed by atoms with E-state index in [0.717, 1.165) is 30.7 Å². The van der Waals surface area contributed by atoms with Crippen molar-refractivity contribution in [2.45, 2.75) is 91.5 Å². The van der Waals surface area contributed by atoms with Crippen LogP contribution in [0, 0.1) is 11.3 Å². The molecular weight excluding hydrogens is 741 g/mol. The number of nitriles is 1. The minimum Gasteiger partial charge on any atom is -0.477 e. The van der Waals surface area contributed by atoms with Crippen molar-refractivity contribution in [2.75, 3.05) is 0 Å². The molecule has 0 saturated carbocycles. The van der Waals surface area contributed by atoms with Gasteiger partial charge in [-0.25, -0.2) is 4.79 Å². The highest BCUT2D eigenvalue weighted by atomic mass is 32.1. The minimum absolute atomic E-state index is 0.233. The molecule has 0 unspecified atom stereocenters. The molecule has 0 amide bonds. The number of carboxylic acid groups (broad SMARTS) is 1. The quantitative estimate of drug-likeness (QED) is 0.0568. The highest BCUT2D eigenvalue weighted by molar-refractivity contribution is 7.29. The van der Waals surface area contributed by atoms with Gasteiger partial charge in [-0.15, -0.1) is 45.3 Å². The number of aryl methyl sites for hydroxylation is 3. The molecule has 7 aromatic rings. The Bertz CT molecular complexity index is 2480. The summed E-state index contributed by atoms with van der Waals surface area (Å²) in [7, 11) is 0. The summed E-state index contributed by atoms with van der Waals surface area (Å²) in [5.74, 6) is -1.19. The van der Waals surface area contributed by atoms with E-state index in [0.29, 0.717) is 0 Å². The Hall–Kier alpha value is -4.26. The molecule has 0 fully saturated rings. The van der Waals surface area contributed by atoms with E-state index >= 15 is 0 Å². The molecule has 0 aliphatic heterocycles. The molecule has 0 radical (unpaired) electrons. The summed E-state index contributed by atoms with van der Waals surface area (Å²) in [6.45, 7) is 7.67. The Kier molecular flexibility index (Phi) is 12.3. The number of carboxylic acids is 1. The van der Waals surface area contributed by atoms with Crippen molar-refractivity contribution in [1.29, 1.82) is 5.26 Å². The molecule has 0 atom stereocenters. The summed E-state index contributed by atoms with van der Waals surface area (Å²) < 4.78 is 2.43. The third-order valence-electron chi connectivity index (χ3n) is 10.1. The van der Waals surface area contributed by atoms with Crippen LogP contribution >= 0.6 is 45.3 Å². The molecule has 0 saturated heterocycles. The average Bonchev–Trinajstić information content (AvgIpc) is 4.03. The van der Waals surface area contributed by atoms with Crippen molar-refractivity contribution in [3.8, 4) is 45.8 Å². The second-order valence-corrected chi connectivity index (χ2v) is 18.2. The van der Waals surface area contributed by atoms with E-state index < -0.39 is 5.97 Å². The molecule has 7 rings (SSSR count). The number of fused-ring (bicyclic) bond motifs is 3. The standard InChI is InChI=1S/C46H46N2O2S4/c1-4-7-9-11-15-30-25-34(26-33(29-47)46(49)50)51-45(30)42-24-23-40(53-42)39-21-22-41(52-39)43-28-31(16-12-10-8-5-2)44(54-43)32-19-20-38-36(27-32)35-17-13-14-18-37(35)48(38)6-3/h13-14,17-28H,4-12,15-16H2,1-3H3,(H,49,50)/b33-26-. The second-order valence-electron chi connectivity index (χ2n) is 13.9. The lowest BCUT2D eigenvalue weighted by atomic mass is 10.0. The maximum atomic E-state index is 11.6. The Morgan fingerprint density at radius 2 is 1.30 bits per heavy atom. The fourth-order valence-corrected chi connectivity index (χ4v) is 12.1. The number of hydrogen-bond donors (Lipinski definition) is 1. The summed E-state index contributed by atoms with van der Waals surface area (Å²) in [6, 6.07) is 31.2. The predicted molar refractivity (Wildman–Crippen MR) is 235 cm³/mol. The number of aliphatic carboxylic acids is 1. The monoisotopic (exact) mass is 786 g/mol. The van der Waals surface area contributed by atoms with Gasteiger partial charge in [-0.2, -0.15) is 5.26 Å². The zero-order valence-corrected chi connectivity index (χ0v) is 34.5. The Morgan fingerprint density at radius 1 is 0.667 bits per heavy atom. The van der Waals surface area contributed by atoms with Crippen LogP contribution in [0.3, 0.4) is 0 Å². The highest BCUT2D eigenvalue weighted by Crippen LogP contribution is 2.47. The maximum Gasteiger partial charge on any atom is 0.346 e. The van der Waals surface area contributed by atoms with Crippen LogP contribution in [0.5, 0.6) is 0 Å². The van der Waals surface area contributed by atoms with Gasteiger partial charge >= 0.3 is 5.97 Å². The number of hydrogen-bond acceptors (Lipinski definition) is 6. The number of benzene rings is 2. The van der Waals surface area contributed by atoms with Crippen molar-refractivity contribution >= 4 is 79.2 Å². The molecule has 0 aliphatic rings. The average molecular weight is 787 g/mol. The van der Waals surface area contributed by atoms with Crippen molar-refractivity contribution in [3.63, 3.8) is 0 Å². The van der Waals surface area contributed by atoms with Gasteiger partial charge in [0, 0.05) is 67.4 Å². The lowest BCUT2D eigenvalue weighted by molar-refractivity contribution is -0.132. The van der Waals surface area contributed by atoms with Crippen LogP contribution in [0.25, 0.3) is 67.6 Å². The Morgan fingerprint density at radius 3 is 1.96 bits per heavy atom. The van der Waals surface area contributed by atoms with Gasteiger partial charge in [0.1, 0.15) is 11.6 Å². The molecule has 2 aromatic carbocycles. The topological polar surface area (TPSA) is 66.0 Å². The van der Waals surface area contributed by atoms with Gasteiger partial charge in [-0.1, -0.05) is 76.6 Å². The highest BCUT2D eigenvalue weighted by Gasteiger charge is 2.19. The van der Waals surface area contributed by atoms with Crippen molar-refractivity contribution in [1.82, 2.24) is 4.57 Å². The first-order valence-corrected chi connectivity index (χ1v) is 22.5. The number of thiophene rings is 4. The SMILES string of the molecule is CCCCCCc1cc(-c2ccc(-c3ccc(-c4sc(/C=C(/C#N)C(=O)O)cc4CCCCCC)s3)s2)sc1-c1ccc2c(c1)c1ccccc1n2CC. The van der Waals surface area contributed by atoms with Gasteiger partial charge in [0.2, 0.25) is 0 Å². The number of rotatable bonds is 17. The predicted octanol–water partition coefficient (Wildman–Crippen LogP) is 15.0. The fourth-order valence-electron chi connectivity index (χ4n) is 7.39. The van der Waals surface area contributed by atoms with Crippen LogP contribution in [0.2, 0.25) is 0 Å². The van der Waals surface area contributed by atoms with E-state index in [-0.39, 0.29) is 5.57 Å².